The molecule has 0 radical (unpaired) electrons. The second-order valence-corrected chi connectivity index (χ2v) is 4.52. The number of aryl methyl sites for hydroxylation is 1. The summed E-state index contributed by atoms with van der Waals surface area (Å²) in [5.74, 6) is 0.576. The van der Waals surface area contributed by atoms with Crippen LogP contribution in [-0.2, 0) is 0 Å². The van der Waals surface area contributed by atoms with E-state index in [2.05, 4.69) is 5.32 Å². The van der Waals surface area contributed by atoms with Gasteiger partial charge in [0.15, 0.2) is 0 Å². The number of methoxy groups -OCH3 is 1. The monoisotopic (exact) mass is 259 g/mol. The van der Waals surface area contributed by atoms with Crippen LogP contribution in [0.1, 0.15) is 22.7 Å². The van der Waals surface area contributed by atoms with E-state index in [-0.39, 0.29) is 11.9 Å². The number of nitrogens with one attached hydrogen (secondary N) is 1. The Balaban J connectivity index is 2.48. The summed E-state index contributed by atoms with van der Waals surface area (Å²) in [6.07, 6.45) is 0. The third-order valence-corrected chi connectivity index (χ3v) is 3.17. The Kier molecular flexibility index (Phi) is 4.17. The molecule has 2 nitrogen and oxygen atoms in total. The fourth-order valence-corrected chi connectivity index (χ4v) is 2.24. The third kappa shape index (κ3) is 2.93. The summed E-state index contributed by atoms with van der Waals surface area (Å²) >= 11 is 0. The molecule has 0 amide bonds. The quantitative estimate of drug-likeness (QED) is 0.908. The Hall–Kier alpha value is -1.87. The van der Waals surface area contributed by atoms with Gasteiger partial charge in [-0.15, -0.1) is 0 Å². The average molecular weight is 259 g/mol. The molecule has 1 unspecified atom stereocenters. The highest BCUT2D eigenvalue weighted by atomic mass is 19.1. The van der Waals surface area contributed by atoms with E-state index in [1.165, 1.54) is 6.07 Å². The van der Waals surface area contributed by atoms with Crippen molar-refractivity contribution in [2.45, 2.75) is 13.0 Å². The Morgan fingerprint density at radius 2 is 1.95 bits per heavy atom. The van der Waals surface area contributed by atoms with Gasteiger partial charge in [0.1, 0.15) is 11.6 Å². The minimum absolute atomic E-state index is 0.0914. The second kappa shape index (κ2) is 5.85. The first-order valence-corrected chi connectivity index (χ1v) is 6.23. The van der Waals surface area contributed by atoms with Gasteiger partial charge in [-0.05, 0) is 43.3 Å². The summed E-state index contributed by atoms with van der Waals surface area (Å²) in [5.41, 5.74) is 3.01. The first kappa shape index (κ1) is 13.6. The first-order chi connectivity index (χ1) is 9.15. The SMILES string of the molecule is CNC(c1cccc(F)c1)c1ccc(C)cc1OC. The maximum absolute atomic E-state index is 13.4. The Morgan fingerprint density at radius 3 is 2.58 bits per heavy atom. The van der Waals surface area contributed by atoms with E-state index in [9.17, 15) is 4.39 Å². The van der Waals surface area contributed by atoms with Crippen molar-refractivity contribution in [3.8, 4) is 5.75 Å². The zero-order chi connectivity index (χ0) is 13.8. The molecule has 19 heavy (non-hydrogen) atoms. The van der Waals surface area contributed by atoms with Crippen molar-refractivity contribution >= 4 is 0 Å². The van der Waals surface area contributed by atoms with Crippen molar-refractivity contribution in [1.82, 2.24) is 5.32 Å². The third-order valence-electron chi connectivity index (χ3n) is 3.17. The highest BCUT2D eigenvalue weighted by Crippen LogP contribution is 2.30. The highest BCUT2D eigenvalue weighted by Gasteiger charge is 2.16. The van der Waals surface area contributed by atoms with Gasteiger partial charge >= 0.3 is 0 Å². The van der Waals surface area contributed by atoms with Crippen LogP contribution in [0.15, 0.2) is 42.5 Å². The number of benzene rings is 2. The van der Waals surface area contributed by atoms with Crippen molar-refractivity contribution in [3.05, 3.63) is 65.0 Å². The minimum atomic E-state index is -0.233. The van der Waals surface area contributed by atoms with Gasteiger partial charge in [0.25, 0.3) is 0 Å². The highest BCUT2D eigenvalue weighted by molar-refractivity contribution is 5.43. The average Bonchev–Trinajstić information content (AvgIpc) is 2.41. The van der Waals surface area contributed by atoms with E-state index in [0.717, 1.165) is 22.4 Å². The molecule has 2 aromatic carbocycles. The molecule has 0 saturated carbocycles. The number of hydrogen-bond acceptors (Lipinski definition) is 2. The number of halogens is 1. The Bertz CT molecular complexity index is 568. The lowest BCUT2D eigenvalue weighted by Crippen LogP contribution is -2.18. The van der Waals surface area contributed by atoms with Crippen LogP contribution in [0.25, 0.3) is 0 Å². The van der Waals surface area contributed by atoms with Gasteiger partial charge in [0, 0.05) is 5.56 Å². The van der Waals surface area contributed by atoms with Crippen LogP contribution >= 0.6 is 0 Å². The maximum atomic E-state index is 13.4. The van der Waals surface area contributed by atoms with Crippen LogP contribution in [0.4, 0.5) is 4.39 Å². The number of hydrogen-bond donors (Lipinski definition) is 1. The fourth-order valence-electron chi connectivity index (χ4n) is 2.24. The Labute approximate surface area is 113 Å². The Morgan fingerprint density at radius 1 is 1.16 bits per heavy atom. The molecular weight excluding hydrogens is 241 g/mol. The molecule has 100 valence electrons. The lowest BCUT2D eigenvalue weighted by Gasteiger charge is -2.20. The summed E-state index contributed by atoms with van der Waals surface area (Å²) < 4.78 is 18.8. The van der Waals surface area contributed by atoms with Crippen molar-refractivity contribution in [2.75, 3.05) is 14.2 Å². The second-order valence-electron chi connectivity index (χ2n) is 4.52. The van der Waals surface area contributed by atoms with Gasteiger partial charge in [-0.25, -0.2) is 4.39 Å². The summed E-state index contributed by atoms with van der Waals surface area (Å²) in [7, 11) is 3.51. The van der Waals surface area contributed by atoms with Gasteiger partial charge in [0.05, 0.1) is 13.2 Å². The molecular formula is C16H18FNO. The van der Waals surface area contributed by atoms with Gasteiger partial charge in [-0.2, -0.15) is 0 Å². The van der Waals surface area contributed by atoms with Crippen molar-refractivity contribution < 1.29 is 9.13 Å². The largest absolute Gasteiger partial charge is 0.496 e. The number of rotatable bonds is 4. The molecule has 0 saturated heterocycles. The summed E-state index contributed by atoms with van der Waals surface area (Å²) in [4.78, 5) is 0. The molecule has 1 N–H and O–H groups in total. The van der Waals surface area contributed by atoms with Crippen LogP contribution in [0.3, 0.4) is 0 Å². The van der Waals surface area contributed by atoms with Gasteiger partial charge in [-0.1, -0.05) is 24.3 Å². The molecule has 0 aliphatic heterocycles. The molecule has 2 rings (SSSR count). The fraction of sp³-hybridized carbons (Fsp3) is 0.250. The van der Waals surface area contributed by atoms with Crippen LogP contribution < -0.4 is 10.1 Å². The van der Waals surface area contributed by atoms with Crippen LogP contribution in [0.5, 0.6) is 5.75 Å². The van der Waals surface area contributed by atoms with Crippen LogP contribution in [-0.4, -0.2) is 14.2 Å². The van der Waals surface area contributed by atoms with Gasteiger partial charge < -0.3 is 10.1 Å². The first-order valence-electron chi connectivity index (χ1n) is 6.23. The molecule has 2 aromatic rings. The molecule has 0 fully saturated rings. The standard InChI is InChI=1S/C16H18FNO/c1-11-7-8-14(15(9-11)19-3)16(18-2)12-5-4-6-13(17)10-12/h4-10,16,18H,1-3H3. The van der Waals surface area contributed by atoms with Crippen molar-refractivity contribution in [2.24, 2.45) is 0 Å². The van der Waals surface area contributed by atoms with Gasteiger partial charge in [-0.3, -0.25) is 0 Å². The number of ether oxygens (including phenoxy) is 1. The van der Waals surface area contributed by atoms with E-state index in [1.54, 1.807) is 19.2 Å². The van der Waals surface area contributed by atoms with Crippen molar-refractivity contribution in [3.63, 3.8) is 0 Å². The van der Waals surface area contributed by atoms with Crippen LogP contribution in [0.2, 0.25) is 0 Å². The summed E-state index contributed by atoms with van der Waals surface area (Å²) in [6, 6.07) is 12.6. The lowest BCUT2D eigenvalue weighted by atomic mass is 9.97. The molecule has 3 heteroatoms. The molecule has 1 atom stereocenters. The molecule has 0 bridgehead atoms. The lowest BCUT2D eigenvalue weighted by molar-refractivity contribution is 0.405. The predicted molar refractivity (Wildman–Crippen MR) is 75.0 cm³/mol. The smallest absolute Gasteiger partial charge is 0.124 e. The molecule has 0 heterocycles. The molecule has 0 aromatic heterocycles. The molecule has 0 spiro atoms. The normalized spacial score (nSPS) is 12.2. The van der Waals surface area contributed by atoms with E-state index in [1.807, 2.05) is 38.2 Å². The summed E-state index contributed by atoms with van der Waals surface area (Å²) in [6.45, 7) is 2.02. The maximum Gasteiger partial charge on any atom is 0.124 e. The van der Waals surface area contributed by atoms with E-state index >= 15 is 0 Å². The zero-order valence-electron chi connectivity index (χ0n) is 11.4. The topological polar surface area (TPSA) is 21.3 Å². The van der Waals surface area contributed by atoms with E-state index in [0.29, 0.717) is 0 Å². The van der Waals surface area contributed by atoms with E-state index in [4.69, 9.17) is 4.74 Å². The summed E-state index contributed by atoms with van der Waals surface area (Å²) in [5, 5.41) is 3.21. The molecule has 0 aliphatic carbocycles. The zero-order valence-corrected chi connectivity index (χ0v) is 11.4. The predicted octanol–water partition coefficient (Wildman–Crippen LogP) is 3.45. The van der Waals surface area contributed by atoms with Gasteiger partial charge in [0.2, 0.25) is 0 Å². The van der Waals surface area contributed by atoms with E-state index < -0.39 is 0 Å². The van der Waals surface area contributed by atoms with Crippen LogP contribution in [0, 0.1) is 12.7 Å². The minimum Gasteiger partial charge on any atom is -0.496 e. The van der Waals surface area contributed by atoms with Crippen molar-refractivity contribution in [1.29, 1.82) is 0 Å². The molecule has 0 aliphatic rings.